The molecule has 86 valence electrons. The number of ether oxygens (including phenoxy) is 2. The summed E-state index contributed by atoms with van der Waals surface area (Å²) in [7, 11) is 1.61. The van der Waals surface area contributed by atoms with Gasteiger partial charge in [-0.15, -0.1) is 0 Å². The van der Waals surface area contributed by atoms with Gasteiger partial charge in [0.2, 0.25) is 0 Å². The van der Waals surface area contributed by atoms with Gasteiger partial charge >= 0.3 is 6.09 Å². The largest absolute Gasteiger partial charge is 0.417 e. The predicted molar refractivity (Wildman–Crippen MR) is 59.2 cm³/mol. The highest BCUT2D eigenvalue weighted by atomic mass is 16.6. The van der Waals surface area contributed by atoms with Crippen LogP contribution in [0.5, 0.6) is 5.75 Å². The van der Waals surface area contributed by atoms with Crippen molar-refractivity contribution in [3.05, 3.63) is 30.3 Å². The molecule has 0 bridgehead atoms. The minimum Gasteiger partial charge on any atom is -0.410 e. The second-order valence-electron chi connectivity index (χ2n) is 3.71. The topological polar surface area (TPSA) is 38.8 Å². The molecular weight excluding hydrogens is 206 g/mol. The van der Waals surface area contributed by atoms with Crippen molar-refractivity contribution in [1.29, 1.82) is 0 Å². The van der Waals surface area contributed by atoms with Gasteiger partial charge in [-0.3, -0.25) is 4.90 Å². The first kappa shape index (κ1) is 11.0. The molecule has 1 heterocycles. The number of likely N-dealkylation sites (tertiary alicyclic amines) is 1. The van der Waals surface area contributed by atoms with Crippen LogP contribution in [0.3, 0.4) is 0 Å². The van der Waals surface area contributed by atoms with Crippen LogP contribution in [-0.2, 0) is 4.74 Å². The number of hydrogen-bond acceptors (Lipinski definition) is 3. The Hall–Kier alpha value is -1.55. The zero-order valence-corrected chi connectivity index (χ0v) is 9.26. The highest BCUT2D eigenvalue weighted by Crippen LogP contribution is 2.19. The maximum absolute atomic E-state index is 11.8. The Morgan fingerprint density at radius 2 is 2.12 bits per heavy atom. The fourth-order valence-corrected chi connectivity index (χ4v) is 1.84. The van der Waals surface area contributed by atoms with E-state index < -0.39 is 0 Å². The zero-order valence-electron chi connectivity index (χ0n) is 9.26. The van der Waals surface area contributed by atoms with Crippen molar-refractivity contribution in [3.63, 3.8) is 0 Å². The van der Waals surface area contributed by atoms with Gasteiger partial charge in [0.1, 0.15) is 12.0 Å². The number of methoxy groups -OCH3 is 1. The average Bonchev–Trinajstić information content (AvgIpc) is 2.78. The standard InChI is InChI=1S/C12H15NO3/c1-15-11-8-5-9-13(11)12(14)16-10-6-3-2-4-7-10/h2-4,6-7,11H,5,8-9H2,1H3/t11-/m1/s1. The number of carbonyl (C=O) groups excluding carboxylic acids is 1. The van der Waals surface area contributed by atoms with Crippen molar-refractivity contribution in [2.75, 3.05) is 13.7 Å². The summed E-state index contributed by atoms with van der Waals surface area (Å²) in [5, 5.41) is 0. The van der Waals surface area contributed by atoms with Gasteiger partial charge in [-0.2, -0.15) is 0 Å². The minimum absolute atomic E-state index is 0.142. The third kappa shape index (κ3) is 2.33. The average molecular weight is 221 g/mol. The summed E-state index contributed by atoms with van der Waals surface area (Å²) in [6.07, 6.45) is 1.36. The summed E-state index contributed by atoms with van der Waals surface area (Å²) in [6.45, 7) is 0.699. The molecule has 16 heavy (non-hydrogen) atoms. The van der Waals surface area contributed by atoms with Gasteiger partial charge in [0.25, 0.3) is 0 Å². The summed E-state index contributed by atoms with van der Waals surface area (Å²) in [4.78, 5) is 13.4. The van der Waals surface area contributed by atoms with E-state index in [1.165, 1.54) is 0 Å². The molecule has 1 aromatic rings. The Morgan fingerprint density at radius 3 is 2.81 bits per heavy atom. The molecule has 1 fully saturated rings. The van der Waals surface area contributed by atoms with Gasteiger partial charge in [0.15, 0.2) is 0 Å². The molecule has 0 unspecified atom stereocenters. The first-order valence-corrected chi connectivity index (χ1v) is 5.37. The van der Waals surface area contributed by atoms with Gasteiger partial charge in [-0.1, -0.05) is 18.2 Å². The van der Waals surface area contributed by atoms with E-state index >= 15 is 0 Å². The molecule has 0 aliphatic carbocycles. The Morgan fingerprint density at radius 1 is 1.38 bits per heavy atom. The molecule has 4 heteroatoms. The SMILES string of the molecule is CO[C@@H]1CCCN1C(=O)Oc1ccccc1. The van der Waals surface area contributed by atoms with E-state index in [2.05, 4.69) is 0 Å². The Kier molecular flexibility index (Phi) is 3.41. The molecule has 1 aliphatic heterocycles. The van der Waals surface area contributed by atoms with Crippen molar-refractivity contribution in [1.82, 2.24) is 4.90 Å². The van der Waals surface area contributed by atoms with Crippen molar-refractivity contribution < 1.29 is 14.3 Å². The van der Waals surface area contributed by atoms with E-state index in [0.717, 1.165) is 12.8 Å². The van der Waals surface area contributed by atoms with Crippen LogP contribution < -0.4 is 4.74 Å². The lowest BCUT2D eigenvalue weighted by atomic mass is 10.3. The van der Waals surface area contributed by atoms with Gasteiger partial charge in [-0.05, 0) is 25.0 Å². The molecule has 1 amide bonds. The molecule has 0 N–H and O–H groups in total. The van der Waals surface area contributed by atoms with Crippen molar-refractivity contribution in [2.24, 2.45) is 0 Å². The zero-order chi connectivity index (χ0) is 11.4. The van der Waals surface area contributed by atoms with Crippen LogP contribution in [0.1, 0.15) is 12.8 Å². The van der Waals surface area contributed by atoms with Crippen LogP contribution in [0.4, 0.5) is 4.79 Å². The molecule has 4 nitrogen and oxygen atoms in total. The number of carbonyl (C=O) groups is 1. The first-order chi connectivity index (χ1) is 7.81. The summed E-state index contributed by atoms with van der Waals surface area (Å²) in [5.41, 5.74) is 0. The maximum Gasteiger partial charge on any atom is 0.417 e. The Labute approximate surface area is 94.8 Å². The fourth-order valence-electron chi connectivity index (χ4n) is 1.84. The van der Waals surface area contributed by atoms with Crippen LogP contribution in [0.25, 0.3) is 0 Å². The van der Waals surface area contributed by atoms with Crippen LogP contribution >= 0.6 is 0 Å². The molecule has 1 aliphatic rings. The van der Waals surface area contributed by atoms with Gasteiger partial charge < -0.3 is 9.47 Å². The van der Waals surface area contributed by atoms with E-state index in [-0.39, 0.29) is 12.3 Å². The Bertz CT molecular complexity index is 353. The third-order valence-electron chi connectivity index (χ3n) is 2.65. The van der Waals surface area contributed by atoms with Crippen LogP contribution in [0, 0.1) is 0 Å². The second kappa shape index (κ2) is 4.99. The molecule has 0 spiro atoms. The van der Waals surface area contributed by atoms with E-state index in [4.69, 9.17) is 9.47 Å². The van der Waals surface area contributed by atoms with Crippen LogP contribution in [-0.4, -0.2) is 30.9 Å². The van der Waals surface area contributed by atoms with Gasteiger partial charge in [0.05, 0.1) is 0 Å². The molecule has 0 aromatic heterocycles. The number of hydrogen-bond donors (Lipinski definition) is 0. The Balaban J connectivity index is 1.98. The monoisotopic (exact) mass is 221 g/mol. The summed E-state index contributed by atoms with van der Waals surface area (Å²) in [6, 6.07) is 9.07. The molecule has 2 rings (SSSR count). The number of benzene rings is 1. The molecular formula is C12H15NO3. The van der Waals surface area contributed by atoms with E-state index in [1.54, 1.807) is 24.1 Å². The summed E-state index contributed by atoms with van der Waals surface area (Å²) >= 11 is 0. The second-order valence-corrected chi connectivity index (χ2v) is 3.71. The predicted octanol–water partition coefficient (Wildman–Crippen LogP) is 2.25. The van der Waals surface area contributed by atoms with E-state index in [0.29, 0.717) is 12.3 Å². The minimum atomic E-state index is -0.337. The normalized spacial score (nSPS) is 19.8. The number of rotatable bonds is 2. The lowest BCUT2D eigenvalue weighted by molar-refractivity contribution is 0.00653. The van der Waals surface area contributed by atoms with Crippen LogP contribution in [0.15, 0.2) is 30.3 Å². The van der Waals surface area contributed by atoms with Crippen molar-refractivity contribution in [3.8, 4) is 5.75 Å². The quantitative estimate of drug-likeness (QED) is 0.768. The highest BCUT2D eigenvalue weighted by Gasteiger charge is 2.29. The molecule has 1 atom stereocenters. The molecule has 0 saturated carbocycles. The lowest BCUT2D eigenvalue weighted by Crippen LogP contribution is -2.38. The lowest BCUT2D eigenvalue weighted by Gasteiger charge is -2.22. The van der Waals surface area contributed by atoms with Gasteiger partial charge in [0, 0.05) is 13.7 Å². The number of para-hydroxylation sites is 1. The number of nitrogens with zero attached hydrogens (tertiary/aromatic N) is 1. The maximum atomic E-state index is 11.8. The van der Waals surface area contributed by atoms with E-state index in [1.807, 2.05) is 18.2 Å². The highest BCUT2D eigenvalue weighted by molar-refractivity contribution is 5.71. The van der Waals surface area contributed by atoms with E-state index in [9.17, 15) is 4.79 Å². The first-order valence-electron chi connectivity index (χ1n) is 5.37. The summed E-state index contributed by atoms with van der Waals surface area (Å²) in [5.74, 6) is 0.564. The molecule has 1 aromatic carbocycles. The third-order valence-corrected chi connectivity index (χ3v) is 2.65. The number of amides is 1. The molecule has 1 saturated heterocycles. The fraction of sp³-hybridized carbons (Fsp3) is 0.417. The van der Waals surface area contributed by atoms with Crippen LogP contribution in [0.2, 0.25) is 0 Å². The molecule has 0 radical (unpaired) electrons. The van der Waals surface area contributed by atoms with Gasteiger partial charge in [-0.25, -0.2) is 4.79 Å². The smallest absolute Gasteiger partial charge is 0.410 e. The van der Waals surface area contributed by atoms with Crippen molar-refractivity contribution >= 4 is 6.09 Å². The van der Waals surface area contributed by atoms with Crippen molar-refractivity contribution in [2.45, 2.75) is 19.1 Å². The summed E-state index contributed by atoms with van der Waals surface area (Å²) < 4.78 is 10.4.